The lowest BCUT2D eigenvalue weighted by atomic mass is 10.2. The molecule has 1 aromatic carbocycles. The molecule has 0 unspecified atom stereocenters. The molecular formula is C13H12F3NO3. The maximum absolute atomic E-state index is 11.9. The van der Waals surface area contributed by atoms with Crippen molar-refractivity contribution in [2.75, 3.05) is 5.32 Å². The van der Waals surface area contributed by atoms with Gasteiger partial charge in [0.15, 0.2) is 0 Å². The number of hydrogen-bond acceptors (Lipinski definition) is 2. The first-order chi connectivity index (χ1) is 9.26. The van der Waals surface area contributed by atoms with E-state index in [-0.39, 0.29) is 0 Å². The van der Waals surface area contributed by atoms with Gasteiger partial charge in [-0.3, -0.25) is 4.79 Å². The highest BCUT2D eigenvalue weighted by atomic mass is 19.4. The molecule has 1 rings (SSSR count). The van der Waals surface area contributed by atoms with Crippen molar-refractivity contribution in [1.29, 1.82) is 0 Å². The summed E-state index contributed by atoms with van der Waals surface area (Å²) in [4.78, 5) is 21.6. The normalized spacial score (nSPS) is 11.6. The van der Waals surface area contributed by atoms with Crippen LogP contribution >= 0.6 is 0 Å². The van der Waals surface area contributed by atoms with E-state index in [1.807, 2.05) is 0 Å². The molecule has 0 aliphatic rings. The van der Waals surface area contributed by atoms with E-state index < -0.39 is 30.9 Å². The van der Waals surface area contributed by atoms with Crippen LogP contribution in [0.15, 0.2) is 30.3 Å². The topological polar surface area (TPSA) is 66.4 Å². The second kappa shape index (κ2) is 6.74. The Bertz CT molecular complexity index is 507. The Morgan fingerprint density at radius 1 is 1.20 bits per heavy atom. The van der Waals surface area contributed by atoms with E-state index in [2.05, 4.69) is 5.32 Å². The molecule has 0 aromatic heterocycles. The molecular weight excluding hydrogens is 275 g/mol. The molecule has 0 bridgehead atoms. The molecule has 0 saturated carbocycles. The van der Waals surface area contributed by atoms with Crippen molar-refractivity contribution >= 4 is 23.6 Å². The van der Waals surface area contributed by atoms with Gasteiger partial charge in [0.25, 0.3) is 0 Å². The summed E-state index contributed by atoms with van der Waals surface area (Å²) in [5.41, 5.74) is 0.949. The highest BCUT2D eigenvalue weighted by molar-refractivity contribution is 5.91. The molecule has 0 radical (unpaired) electrons. The molecule has 7 heteroatoms. The van der Waals surface area contributed by atoms with E-state index in [9.17, 15) is 22.8 Å². The lowest BCUT2D eigenvalue weighted by molar-refractivity contribution is -0.142. The first-order valence-corrected chi connectivity index (χ1v) is 5.64. The summed E-state index contributed by atoms with van der Waals surface area (Å²) in [5.74, 6) is -1.81. The van der Waals surface area contributed by atoms with Gasteiger partial charge in [-0.2, -0.15) is 13.2 Å². The number of halogens is 3. The Morgan fingerprint density at radius 3 is 2.30 bits per heavy atom. The van der Waals surface area contributed by atoms with Gasteiger partial charge in [0, 0.05) is 18.2 Å². The lowest BCUT2D eigenvalue weighted by Gasteiger charge is -2.07. The number of nitrogens with one attached hydrogen (secondary N) is 1. The van der Waals surface area contributed by atoms with Gasteiger partial charge in [0.05, 0.1) is 6.42 Å². The van der Waals surface area contributed by atoms with Crippen LogP contribution in [-0.4, -0.2) is 23.2 Å². The van der Waals surface area contributed by atoms with Gasteiger partial charge in [0.1, 0.15) is 0 Å². The average Bonchev–Trinajstić information content (AvgIpc) is 2.35. The molecule has 20 heavy (non-hydrogen) atoms. The summed E-state index contributed by atoms with van der Waals surface area (Å²) < 4.78 is 35.8. The zero-order chi connectivity index (χ0) is 15.2. The second-order valence-electron chi connectivity index (χ2n) is 3.96. The summed E-state index contributed by atoms with van der Waals surface area (Å²) in [5, 5.41) is 10.8. The minimum atomic E-state index is -4.36. The third kappa shape index (κ3) is 6.58. The van der Waals surface area contributed by atoms with E-state index in [0.29, 0.717) is 11.3 Å². The number of amides is 1. The number of anilines is 1. The average molecular weight is 287 g/mol. The molecule has 2 N–H and O–H groups in total. The first kappa shape index (κ1) is 15.7. The molecule has 4 nitrogen and oxygen atoms in total. The molecule has 1 amide bonds. The third-order valence-corrected chi connectivity index (χ3v) is 2.25. The fourth-order valence-electron chi connectivity index (χ4n) is 1.32. The predicted molar refractivity (Wildman–Crippen MR) is 67.0 cm³/mol. The molecule has 0 aliphatic carbocycles. The second-order valence-corrected chi connectivity index (χ2v) is 3.96. The predicted octanol–water partition coefficient (Wildman–Crippen LogP) is 3.07. The van der Waals surface area contributed by atoms with Gasteiger partial charge in [-0.1, -0.05) is 12.1 Å². The number of carboxylic acids is 1. The van der Waals surface area contributed by atoms with Crippen LogP contribution in [0.5, 0.6) is 0 Å². The smallest absolute Gasteiger partial charge is 0.389 e. The van der Waals surface area contributed by atoms with Gasteiger partial charge in [-0.05, 0) is 23.8 Å². The van der Waals surface area contributed by atoms with E-state index in [1.54, 1.807) is 12.1 Å². The molecule has 0 aliphatic heterocycles. The van der Waals surface area contributed by atoms with E-state index in [0.717, 1.165) is 6.08 Å². The summed E-state index contributed by atoms with van der Waals surface area (Å²) in [6.45, 7) is 0. The van der Waals surface area contributed by atoms with Crippen molar-refractivity contribution in [3.05, 3.63) is 35.9 Å². The summed E-state index contributed by atoms with van der Waals surface area (Å²) >= 11 is 0. The Morgan fingerprint density at radius 2 is 1.80 bits per heavy atom. The van der Waals surface area contributed by atoms with Crippen LogP contribution in [0.3, 0.4) is 0 Å². The fourth-order valence-corrected chi connectivity index (χ4v) is 1.32. The van der Waals surface area contributed by atoms with E-state index >= 15 is 0 Å². The number of rotatable bonds is 5. The van der Waals surface area contributed by atoms with Crippen molar-refractivity contribution in [3.8, 4) is 0 Å². The number of carbonyl (C=O) groups excluding carboxylic acids is 1. The van der Waals surface area contributed by atoms with Gasteiger partial charge < -0.3 is 10.4 Å². The first-order valence-electron chi connectivity index (χ1n) is 5.64. The minimum absolute atomic E-state index is 0.352. The molecule has 0 spiro atoms. The van der Waals surface area contributed by atoms with Gasteiger partial charge >= 0.3 is 12.1 Å². The van der Waals surface area contributed by atoms with Gasteiger partial charge in [-0.25, -0.2) is 4.79 Å². The SMILES string of the molecule is O=C(O)/C=C/c1ccc(NC(=O)CCC(F)(F)F)cc1. The van der Waals surface area contributed by atoms with Crippen LogP contribution in [0.25, 0.3) is 6.08 Å². The van der Waals surface area contributed by atoms with Crippen LogP contribution < -0.4 is 5.32 Å². The van der Waals surface area contributed by atoms with Crippen molar-refractivity contribution in [2.24, 2.45) is 0 Å². The number of benzene rings is 1. The maximum atomic E-state index is 11.9. The molecule has 0 atom stereocenters. The Balaban J connectivity index is 2.53. The minimum Gasteiger partial charge on any atom is -0.478 e. The van der Waals surface area contributed by atoms with Crippen molar-refractivity contribution in [1.82, 2.24) is 0 Å². The van der Waals surface area contributed by atoms with Crippen LogP contribution in [0.2, 0.25) is 0 Å². The van der Waals surface area contributed by atoms with Crippen LogP contribution in [0.1, 0.15) is 18.4 Å². The van der Waals surface area contributed by atoms with Crippen molar-refractivity contribution < 1.29 is 27.9 Å². The highest BCUT2D eigenvalue weighted by Gasteiger charge is 2.27. The largest absolute Gasteiger partial charge is 0.478 e. The highest BCUT2D eigenvalue weighted by Crippen LogP contribution is 2.21. The maximum Gasteiger partial charge on any atom is 0.389 e. The van der Waals surface area contributed by atoms with Gasteiger partial charge in [-0.15, -0.1) is 0 Å². The molecule has 0 heterocycles. The Labute approximate surface area is 112 Å². The number of aliphatic carboxylic acids is 1. The Kier molecular flexibility index (Phi) is 5.31. The third-order valence-electron chi connectivity index (χ3n) is 2.25. The van der Waals surface area contributed by atoms with E-state index in [1.165, 1.54) is 18.2 Å². The van der Waals surface area contributed by atoms with Crippen LogP contribution in [-0.2, 0) is 9.59 Å². The van der Waals surface area contributed by atoms with Crippen LogP contribution in [0.4, 0.5) is 18.9 Å². The fraction of sp³-hybridized carbons (Fsp3) is 0.231. The van der Waals surface area contributed by atoms with Crippen LogP contribution in [0, 0.1) is 0 Å². The number of hydrogen-bond donors (Lipinski definition) is 2. The zero-order valence-corrected chi connectivity index (χ0v) is 10.3. The van der Waals surface area contributed by atoms with Crippen molar-refractivity contribution in [2.45, 2.75) is 19.0 Å². The van der Waals surface area contributed by atoms with Crippen molar-refractivity contribution in [3.63, 3.8) is 0 Å². The quantitative estimate of drug-likeness (QED) is 0.818. The standard InChI is InChI=1S/C13H12F3NO3/c14-13(15,16)8-7-11(18)17-10-4-1-9(2-5-10)3-6-12(19)20/h1-6H,7-8H2,(H,17,18)(H,19,20)/b6-3+. The zero-order valence-electron chi connectivity index (χ0n) is 10.3. The molecule has 0 saturated heterocycles. The van der Waals surface area contributed by atoms with Gasteiger partial charge in [0.2, 0.25) is 5.91 Å². The van der Waals surface area contributed by atoms with E-state index in [4.69, 9.17) is 5.11 Å². The summed E-state index contributed by atoms with van der Waals surface area (Å²) in [7, 11) is 0. The molecule has 108 valence electrons. The number of alkyl halides is 3. The monoisotopic (exact) mass is 287 g/mol. The summed E-state index contributed by atoms with van der Waals surface area (Å²) in [6, 6.07) is 6.04. The summed E-state index contributed by atoms with van der Waals surface area (Å²) in [6.07, 6.45) is -3.85. The number of carbonyl (C=O) groups is 2. The Hall–Kier alpha value is -2.31. The number of carboxylic acid groups (broad SMARTS) is 1. The molecule has 0 fully saturated rings. The lowest BCUT2D eigenvalue weighted by Crippen LogP contribution is -2.16. The molecule has 1 aromatic rings.